The van der Waals surface area contributed by atoms with E-state index in [-0.39, 0.29) is 0 Å². The molecule has 0 atom stereocenters. The van der Waals surface area contributed by atoms with E-state index in [1.165, 1.54) is 67.1 Å². The molecule has 3 heteroatoms. The largest absolute Gasteiger partial charge is 0.371 e. The fraction of sp³-hybridized carbons (Fsp3) is 0.667. The van der Waals surface area contributed by atoms with Crippen molar-refractivity contribution in [2.24, 2.45) is 0 Å². The van der Waals surface area contributed by atoms with Gasteiger partial charge in [0.05, 0.1) is 0 Å². The molecule has 0 unspecified atom stereocenters. The second-order valence-corrected chi connectivity index (χ2v) is 7.60. The van der Waals surface area contributed by atoms with Gasteiger partial charge in [0.15, 0.2) is 0 Å². The molecule has 2 saturated carbocycles. The quantitative estimate of drug-likeness (QED) is 0.762. The molecule has 21 heavy (non-hydrogen) atoms. The Hall–Kier alpha value is -0.540. The van der Waals surface area contributed by atoms with Gasteiger partial charge in [-0.1, -0.05) is 47.7 Å². The number of halogens is 1. The smallest absolute Gasteiger partial charge is 0.0423 e. The van der Waals surface area contributed by atoms with Crippen LogP contribution in [0.25, 0.3) is 0 Å². The van der Waals surface area contributed by atoms with Gasteiger partial charge >= 0.3 is 0 Å². The fourth-order valence-corrected chi connectivity index (χ4v) is 3.75. The zero-order valence-electron chi connectivity index (χ0n) is 13.1. The van der Waals surface area contributed by atoms with Gasteiger partial charge in [-0.2, -0.15) is 0 Å². The van der Waals surface area contributed by atoms with E-state index in [0.29, 0.717) is 6.04 Å². The van der Waals surface area contributed by atoms with Gasteiger partial charge in [-0.3, -0.25) is 0 Å². The van der Waals surface area contributed by atoms with Crippen molar-refractivity contribution in [3.63, 3.8) is 0 Å². The summed E-state index contributed by atoms with van der Waals surface area (Å²) in [5, 5.41) is 3.66. The minimum absolute atomic E-state index is 0.710. The van der Waals surface area contributed by atoms with Gasteiger partial charge in [0, 0.05) is 35.8 Å². The normalized spacial score (nSPS) is 20.3. The van der Waals surface area contributed by atoms with Crippen molar-refractivity contribution in [3.8, 4) is 0 Å². The summed E-state index contributed by atoms with van der Waals surface area (Å²) in [6.07, 6.45) is 11.0. The molecule has 1 aromatic rings. The van der Waals surface area contributed by atoms with Crippen LogP contribution in [0.4, 0.5) is 5.69 Å². The lowest BCUT2D eigenvalue weighted by Crippen LogP contribution is -2.32. The second-order valence-electron chi connectivity index (χ2n) is 6.68. The van der Waals surface area contributed by atoms with E-state index in [9.17, 15) is 0 Å². The lowest BCUT2D eigenvalue weighted by Gasteiger charge is -2.31. The molecule has 0 amide bonds. The highest BCUT2D eigenvalue weighted by Crippen LogP contribution is 2.31. The SMILES string of the molecule is CN(c1cc(Br)ccc1CNC1CC1)C1CCCCCC1. The third-order valence-electron chi connectivity index (χ3n) is 4.96. The van der Waals surface area contributed by atoms with Crippen LogP contribution >= 0.6 is 15.9 Å². The number of rotatable bonds is 5. The Morgan fingerprint density at radius 2 is 1.81 bits per heavy atom. The van der Waals surface area contributed by atoms with Crippen LogP contribution in [0, 0.1) is 0 Å². The number of anilines is 1. The highest BCUT2D eigenvalue weighted by atomic mass is 79.9. The molecule has 1 aromatic carbocycles. The zero-order chi connectivity index (χ0) is 14.7. The number of nitrogens with zero attached hydrogens (tertiary/aromatic N) is 1. The summed E-state index contributed by atoms with van der Waals surface area (Å²) < 4.78 is 1.19. The Morgan fingerprint density at radius 1 is 1.10 bits per heavy atom. The molecule has 0 aliphatic heterocycles. The van der Waals surface area contributed by atoms with E-state index in [0.717, 1.165) is 12.6 Å². The standard InChI is InChI=1S/C18H27BrN2/c1-21(17-6-4-2-3-5-7-17)18-12-15(19)9-8-14(18)13-20-16-10-11-16/h8-9,12,16-17,20H,2-7,10-11,13H2,1H3. The lowest BCUT2D eigenvalue weighted by atomic mass is 10.0. The first-order valence-corrected chi connectivity index (χ1v) is 9.28. The molecule has 2 nitrogen and oxygen atoms in total. The van der Waals surface area contributed by atoms with E-state index in [1.54, 1.807) is 0 Å². The van der Waals surface area contributed by atoms with E-state index in [4.69, 9.17) is 0 Å². The Labute approximate surface area is 137 Å². The predicted octanol–water partition coefficient (Wildman–Crippen LogP) is 4.86. The van der Waals surface area contributed by atoms with Gasteiger partial charge < -0.3 is 10.2 Å². The summed E-state index contributed by atoms with van der Waals surface area (Å²) in [5.74, 6) is 0. The number of nitrogens with one attached hydrogen (secondary N) is 1. The van der Waals surface area contributed by atoms with Crippen molar-refractivity contribution in [1.29, 1.82) is 0 Å². The van der Waals surface area contributed by atoms with Gasteiger partial charge in [-0.25, -0.2) is 0 Å². The van der Waals surface area contributed by atoms with Crippen molar-refractivity contribution in [2.45, 2.75) is 70.0 Å². The van der Waals surface area contributed by atoms with Crippen LogP contribution in [0.3, 0.4) is 0 Å². The summed E-state index contributed by atoms with van der Waals surface area (Å²) in [6, 6.07) is 8.23. The van der Waals surface area contributed by atoms with Crippen LogP contribution in [0.5, 0.6) is 0 Å². The maximum Gasteiger partial charge on any atom is 0.0423 e. The molecule has 2 fully saturated rings. The number of benzene rings is 1. The average molecular weight is 351 g/mol. The van der Waals surface area contributed by atoms with Crippen LogP contribution in [0.2, 0.25) is 0 Å². The van der Waals surface area contributed by atoms with Crippen LogP contribution in [-0.2, 0) is 6.54 Å². The number of hydrogen-bond acceptors (Lipinski definition) is 2. The van der Waals surface area contributed by atoms with Gasteiger partial charge in [0.1, 0.15) is 0 Å². The first kappa shape index (κ1) is 15.4. The molecular formula is C18H27BrN2. The molecular weight excluding hydrogens is 324 g/mol. The summed E-state index contributed by atoms with van der Waals surface area (Å²) in [4.78, 5) is 2.54. The van der Waals surface area contributed by atoms with Crippen LogP contribution in [0.15, 0.2) is 22.7 Å². The zero-order valence-corrected chi connectivity index (χ0v) is 14.7. The molecule has 2 aliphatic carbocycles. The Morgan fingerprint density at radius 3 is 2.48 bits per heavy atom. The topological polar surface area (TPSA) is 15.3 Å². The fourth-order valence-electron chi connectivity index (χ4n) is 3.40. The average Bonchev–Trinajstić information content (AvgIpc) is 3.32. The van der Waals surface area contributed by atoms with Crippen molar-refractivity contribution in [2.75, 3.05) is 11.9 Å². The maximum absolute atomic E-state index is 3.66. The Bertz CT molecular complexity index is 462. The Balaban J connectivity index is 1.75. The molecule has 0 aromatic heterocycles. The highest BCUT2D eigenvalue weighted by molar-refractivity contribution is 9.10. The summed E-state index contributed by atoms with van der Waals surface area (Å²) in [6.45, 7) is 1.00. The molecule has 1 N–H and O–H groups in total. The second kappa shape index (κ2) is 7.15. The highest BCUT2D eigenvalue weighted by Gasteiger charge is 2.22. The van der Waals surface area contributed by atoms with Gasteiger partial charge in [-0.05, 0) is 43.4 Å². The van der Waals surface area contributed by atoms with E-state index >= 15 is 0 Å². The van der Waals surface area contributed by atoms with Crippen LogP contribution < -0.4 is 10.2 Å². The molecule has 3 rings (SSSR count). The van der Waals surface area contributed by atoms with E-state index in [1.807, 2.05) is 0 Å². The summed E-state index contributed by atoms with van der Waals surface area (Å²) in [5.41, 5.74) is 2.85. The van der Waals surface area contributed by atoms with E-state index < -0.39 is 0 Å². The van der Waals surface area contributed by atoms with Gasteiger partial charge in [0.25, 0.3) is 0 Å². The van der Waals surface area contributed by atoms with Crippen LogP contribution in [0.1, 0.15) is 56.9 Å². The van der Waals surface area contributed by atoms with Crippen LogP contribution in [-0.4, -0.2) is 19.1 Å². The van der Waals surface area contributed by atoms with Crippen molar-refractivity contribution in [3.05, 3.63) is 28.2 Å². The molecule has 116 valence electrons. The van der Waals surface area contributed by atoms with Crippen molar-refractivity contribution < 1.29 is 0 Å². The number of hydrogen-bond donors (Lipinski definition) is 1. The Kier molecular flexibility index (Phi) is 5.23. The monoisotopic (exact) mass is 350 g/mol. The first-order valence-electron chi connectivity index (χ1n) is 8.48. The third kappa shape index (κ3) is 4.23. The minimum Gasteiger partial charge on any atom is -0.371 e. The maximum atomic E-state index is 3.66. The van der Waals surface area contributed by atoms with E-state index in [2.05, 4.69) is 51.4 Å². The molecule has 2 aliphatic rings. The minimum atomic E-state index is 0.710. The molecule has 0 heterocycles. The van der Waals surface area contributed by atoms with Crippen molar-refractivity contribution >= 4 is 21.6 Å². The molecule has 0 spiro atoms. The third-order valence-corrected chi connectivity index (χ3v) is 5.45. The lowest BCUT2D eigenvalue weighted by molar-refractivity contribution is 0.550. The van der Waals surface area contributed by atoms with Gasteiger partial charge in [-0.15, -0.1) is 0 Å². The summed E-state index contributed by atoms with van der Waals surface area (Å²) >= 11 is 3.65. The van der Waals surface area contributed by atoms with Crippen molar-refractivity contribution in [1.82, 2.24) is 5.32 Å². The predicted molar refractivity (Wildman–Crippen MR) is 93.9 cm³/mol. The first-order chi connectivity index (χ1) is 10.2. The summed E-state index contributed by atoms with van der Waals surface area (Å²) in [7, 11) is 2.29. The molecule has 0 radical (unpaired) electrons. The molecule has 0 bridgehead atoms. The van der Waals surface area contributed by atoms with Gasteiger partial charge in [0.2, 0.25) is 0 Å². The molecule has 0 saturated heterocycles.